The highest BCUT2D eigenvalue weighted by molar-refractivity contribution is 4.95. The van der Waals surface area contributed by atoms with Crippen molar-refractivity contribution in [3.8, 4) is 0 Å². The smallest absolute Gasteiger partial charge is 0.0445 e. The molecule has 1 saturated heterocycles. The summed E-state index contributed by atoms with van der Waals surface area (Å²) in [5.74, 6) is 0. The maximum atomic E-state index is 8.95. The van der Waals surface area contributed by atoms with Gasteiger partial charge in [-0.15, -0.1) is 0 Å². The molecule has 1 aliphatic rings. The third kappa shape index (κ3) is 2.29. The highest BCUT2D eigenvalue weighted by atomic mass is 16.3. The minimum atomic E-state index is 0.334. The topological polar surface area (TPSA) is 23.5 Å². The zero-order chi connectivity index (χ0) is 10.6. The number of hydrogen-bond acceptors (Lipinski definition) is 2. The number of likely N-dealkylation sites (tertiary alicyclic amines) is 1. The first-order valence-electron chi connectivity index (χ1n) is 6.06. The van der Waals surface area contributed by atoms with E-state index in [1.54, 1.807) is 0 Å². The molecule has 1 unspecified atom stereocenters. The first-order chi connectivity index (χ1) is 6.71. The lowest BCUT2D eigenvalue weighted by Gasteiger charge is -2.53. The second-order valence-corrected chi connectivity index (χ2v) is 4.69. The molecule has 0 bridgehead atoms. The number of aliphatic hydroxyl groups excluding tert-OH is 1. The van der Waals surface area contributed by atoms with Gasteiger partial charge in [-0.1, -0.05) is 20.8 Å². The largest absolute Gasteiger partial charge is 0.396 e. The molecule has 0 aromatic rings. The summed E-state index contributed by atoms with van der Waals surface area (Å²) >= 11 is 0. The molecule has 1 heterocycles. The predicted molar refractivity (Wildman–Crippen MR) is 60.4 cm³/mol. The summed E-state index contributed by atoms with van der Waals surface area (Å²) in [6, 6.07) is 0.617. The first-order valence-corrected chi connectivity index (χ1v) is 6.06. The van der Waals surface area contributed by atoms with E-state index in [2.05, 4.69) is 25.7 Å². The normalized spacial score (nSPS) is 23.1. The van der Waals surface area contributed by atoms with Gasteiger partial charge in [-0.2, -0.15) is 0 Å². The molecule has 0 aliphatic carbocycles. The van der Waals surface area contributed by atoms with E-state index in [-0.39, 0.29) is 0 Å². The lowest BCUT2D eigenvalue weighted by atomic mass is 9.74. The Labute approximate surface area is 88.3 Å². The molecule has 84 valence electrons. The maximum Gasteiger partial charge on any atom is 0.0445 e. The predicted octanol–water partition coefficient (Wildman–Crippen LogP) is 2.27. The van der Waals surface area contributed by atoms with Crippen molar-refractivity contribution in [2.45, 2.75) is 52.5 Å². The van der Waals surface area contributed by atoms with E-state index in [1.807, 2.05) is 0 Å². The van der Waals surface area contributed by atoms with Crippen LogP contribution in [0.25, 0.3) is 0 Å². The fourth-order valence-electron chi connectivity index (χ4n) is 2.56. The Bertz CT molecular complexity index is 158. The quantitative estimate of drug-likeness (QED) is 0.709. The molecule has 1 rings (SSSR count). The minimum absolute atomic E-state index is 0.334. The van der Waals surface area contributed by atoms with Gasteiger partial charge < -0.3 is 5.11 Å². The number of hydrogen-bond donors (Lipinski definition) is 1. The standard InChI is InChI=1S/C12H25NO/c1-4-11(7-8-14)13-9-12(5-2,6-3)10-13/h11,14H,4-10H2,1-3H3. The Balaban J connectivity index is 2.37. The molecule has 2 heteroatoms. The van der Waals surface area contributed by atoms with Gasteiger partial charge in [0.05, 0.1) is 0 Å². The highest BCUT2D eigenvalue weighted by Crippen LogP contribution is 2.38. The van der Waals surface area contributed by atoms with E-state index in [1.165, 1.54) is 32.4 Å². The number of aliphatic hydroxyl groups is 1. The molecule has 0 aromatic heterocycles. The second-order valence-electron chi connectivity index (χ2n) is 4.69. The van der Waals surface area contributed by atoms with Gasteiger partial charge in [0.2, 0.25) is 0 Å². The molecule has 0 saturated carbocycles. The molecule has 1 aliphatic heterocycles. The summed E-state index contributed by atoms with van der Waals surface area (Å²) in [7, 11) is 0. The third-order valence-electron chi connectivity index (χ3n) is 4.03. The van der Waals surface area contributed by atoms with E-state index in [9.17, 15) is 0 Å². The average Bonchev–Trinajstić information content (AvgIpc) is 2.16. The second kappa shape index (κ2) is 5.13. The van der Waals surface area contributed by atoms with Crippen molar-refractivity contribution >= 4 is 0 Å². The Hall–Kier alpha value is -0.0800. The van der Waals surface area contributed by atoms with Gasteiger partial charge in [0, 0.05) is 25.7 Å². The van der Waals surface area contributed by atoms with E-state index < -0.39 is 0 Å². The minimum Gasteiger partial charge on any atom is -0.396 e. The van der Waals surface area contributed by atoms with Crippen molar-refractivity contribution in [3.05, 3.63) is 0 Å². The van der Waals surface area contributed by atoms with Gasteiger partial charge in [-0.25, -0.2) is 0 Å². The highest BCUT2D eigenvalue weighted by Gasteiger charge is 2.41. The molecule has 0 spiro atoms. The van der Waals surface area contributed by atoms with Crippen molar-refractivity contribution in [1.82, 2.24) is 4.90 Å². The van der Waals surface area contributed by atoms with Crippen LogP contribution in [0.1, 0.15) is 46.5 Å². The lowest BCUT2D eigenvalue weighted by Crippen LogP contribution is -2.59. The Morgan fingerprint density at radius 2 is 1.79 bits per heavy atom. The average molecular weight is 199 g/mol. The van der Waals surface area contributed by atoms with Crippen molar-refractivity contribution < 1.29 is 5.11 Å². The number of nitrogens with zero attached hydrogens (tertiary/aromatic N) is 1. The molecular formula is C12H25NO. The zero-order valence-corrected chi connectivity index (χ0v) is 9.92. The summed E-state index contributed by atoms with van der Waals surface area (Å²) < 4.78 is 0. The zero-order valence-electron chi connectivity index (χ0n) is 9.92. The molecular weight excluding hydrogens is 174 g/mol. The SMILES string of the molecule is CCC(CCO)N1CC(CC)(CC)C1. The molecule has 1 N–H and O–H groups in total. The van der Waals surface area contributed by atoms with E-state index in [4.69, 9.17) is 5.11 Å². The van der Waals surface area contributed by atoms with Crippen LogP contribution in [0, 0.1) is 5.41 Å². The van der Waals surface area contributed by atoms with Crippen LogP contribution in [0.2, 0.25) is 0 Å². The lowest BCUT2D eigenvalue weighted by molar-refractivity contribution is -0.0433. The Morgan fingerprint density at radius 1 is 1.21 bits per heavy atom. The third-order valence-corrected chi connectivity index (χ3v) is 4.03. The molecule has 0 amide bonds. The van der Waals surface area contributed by atoms with Gasteiger partial charge >= 0.3 is 0 Å². The van der Waals surface area contributed by atoms with Crippen LogP contribution in [0.5, 0.6) is 0 Å². The fraction of sp³-hybridized carbons (Fsp3) is 1.00. The van der Waals surface area contributed by atoms with Crippen LogP contribution in [0.15, 0.2) is 0 Å². The molecule has 1 atom stereocenters. The summed E-state index contributed by atoms with van der Waals surface area (Å²) in [6.07, 6.45) is 4.72. The van der Waals surface area contributed by atoms with E-state index in [0.29, 0.717) is 18.1 Å². The summed E-state index contributed by atoms with van der Waals surface area (Å²) in [4.78, 5) is 2.54. The molecule has 14 heavy (non-hydrogen) atoms. The van der Waals surface area contributed by atoms with Crippen LogP contribution in [-0.2, 0) is 0 Å². The van der Waals surface area contributed by atoms with Crippen molar-refractivity contribution in [2.24, 2.45) is 5.41 Å². The van der Waals surface area contributed by atoms with E-state index >= 15 is 0 Å². The van der Waals surface area contributed by atoms with E-state index in [0.717, 1.165) is 6.42 Å². The monoisotopic (exact) mass is 199 g/mol. The van der Waals surface area contributed by atoms with Gasteiger partial charge in [-0.05, 0) is 31.1 Å². The van der Waals surface area contributed by atoms with Crippen LogP contribution in [0.3, 0.4) is 0 Å². The van der Waals surface area contributed by atoms with Gasteiger partial charge in [0.15, 0.2) is 0 Å². The molecule has 0 aromatic carbocycles. The van der Waals surface area contributed by atoms with Crippen molar-refractivity contribution in [1.29, 1.82) is 0 Å². The van der Waals surface area contributed by atoms with Crippen LogP contribution >= 0.6 is 0 Å². The Kier molecular flexibility index (Phi) is 4.39. The van der Waals surface area contributed by atoms with Crippen LogP contribution < -0.4 is 0 Å². The first kappa shape index (κ1) is 12.0. The molecule has 2 nitrogen and oxygen atoms in total. The van der Waals surface area contributed by atoms with Gasteiger partial charge in [0.25, 0.3) is 0 Å². The summed E-state index contributed by atoms with van der Waals surface area (Å²) in [5, 5.41) is 8.95. The maximum absolute atomic E-state index is 8.95. The van der Waals surface area contributed by atoms with Crippen molar-refractivity contribution in [3.63, 3.8) is 0 Å². The molecule has 0 radical (unpaired) electrons. The van der Waals surface area contributed by atoms with Gasteiger partial charge in [-0.3, -0.25) is 4.90 Å². The number of rotatable bonds is 6. The van der Waals surface area contributed by atoms with Gasteiger partial charge in [0.1, 0.15) is 0 Å². The fourth-order valence-corrected chi connectivity index (χ4v) is 2.56. The summed E-state index contributed by atoms with van der Waals surface area (Å²) in [6.45, 7) is 9.65. The van der Waals surface area contributed by atoms with Crippen LogP contribution in [0.4, 0.5) is 0 Å². The Morgan fingerprint density at radius 3 is 2.14 bits per heavy atom. The van der Waals surface area contributed by atoms with Crippen molar-refractivity contribution in [2.75, 3.05) is 19.7 Å². The van der Waals surface area contributed by atoms with Crippen LogP contribution in [-0.4, -0.2) is 35.7 Å². The summed E-state index contributed by atoms with van der Waals surface area (Å²) in [5.41, 5.74) is 0.600. The molecule has 1 fully saturated rings.